The van der Waals surface area contributed by atoms with Gasteiger partial charge in [-0.15, -0.1) is 0 Å². The molecule has 1 aromatic carbocycles. The molecule has 0 unspecified atom stereocenters. The van der Waals surface area contributed by atoms with Crippen molar-refractivity contribution in [2.75, 3.05) is 5.32 Å². The van der Waals surface area contributed by atoms with Crippen LogP contribution in [0.2, 0.25) is 0 Å². The smallest absolute Gasteiger partial charge is 0.258 e. The summed E-state index contributed by atoms with van der Waals surface area (Å²) < 4.78 is 1.85. The molecule has 2 heterocycles. The fourth-order valence-electron chi connectivity index (χ4n) is 1.85. The molecule has 0 atom stereocenters. The fourth-order valence-corrected chi connectivity index (χ4v) is 1.85. The summed E-state index contributed by atoms with van der Waals surface area (Å²) in [5, 5.41) is 13.3. The zero-order chi connectivity index (χ0) is 13.8. The van der Waals surface area contributed by atoms with Crippen LogP contribution in [0.4, 0.5) is 5.69 Å². The lowest BCUT2D eigenvalue weighted by Crippen LogP contribution is -2.11. The molecule has 0 aliphatic carbocycles. The van der Waals surface area contributed by atoms with Crippen molar-refractivity contribution in [1.82, 2.24) is 20.0 Å². The molecular formula is C14H13N5O. The Morgan fingerprint density at radius 3 is 2.80 bits per heavy atom. The van der Waals surface area contributed by atoms with E-state index in [0.29, 0.717) is 12.1 Å². The molecule has 20 heavy (non-hydrogen) atoms. The number of H-pyrrole nitrogens is 1. The summed E-state index contributed by atoms with van der Waals surface area (Å²) in [5.74, 6) is -0.182. The molecule has 0 saturated heterocycles. The molecule has 2 aromatic heterocycles. The van der Waals surface area contributed by atoms with Crippen LogP contribution in [-0.2, 0) is 6.54 Å². The summed E-state index contributed by atoms with van der Waals surface area (Å²) in [4.78, 5) is 11.8. The number of nitrogens with zero attached hydrogens (tertiary/aromatic N) is 3. The van der Waals surface area contributed by atoms with Crippen molar-refractivity contribution in [3.8, 4) is 0 Å². The van der Waals surface area contributed by atoms with Crippen molar-refractivity contribution in [2.24, 2.45) is 0 Å². The van der Waals surface area contributed by atoms with Gasteiger partial charge in [0.25, 0.3) is 5.91 Å². The number of rotatable bonds is 4. The highest BCUT2D eigenvalue weighted by atomic mass is 16.1. The van der Waals surface area contributed by atoms with E-state index >= 15 is 0 Å². The second-order valence-electron chi connectivity index (χ2n) is 4.34. The second kappa shape index (κ2) is 5.40. The summed E-state index contributed by atoms with van der Waals surface area (Å²) >= 11 is 0. The Kier molecular flexibility index (Phi) is 3.28. The van der Waals surface area contributed by atoms with Gasteiger partial charge in [-0.05, 0) is 23.8 Å². The molecule has 0 aliphatic rings. The standard InChI is InChI=1S/C14H13N5O/c20-14(12-8-15-16-9-12)18-13-4-2-11(3-5-13)10-19-7-1-6-17-19/h1-9H,10H2,(H,15,16)(H,18,20). The van der Waals surface area contributed by atoms with Crippen molar-refractivity contribution in [2.45, 2.75) is 6.54 Å². The Morgan fingerprint density at radius 1 is 1.30 bits per heavy atom. The van der Waals surface area contributed by atoms with E-state index < -0.39 is 0 Å². The number of carbonyl (C=O) groups is 1. The van der Waals surface area contributed by atoms with E-state index in [-0.39, 0.29) is 5.91 Å². The Morgan fingerprint density at radius 2 is 2.15 bits per heavy atom. The quantitative estimate of drug-likeness (QED) is 0.758. The molecule has 0 saturated carbocycles. The molecule has 3 aromatic rings. The molecule has 0 bridgehead atoms. The van der Waals surface area contributed by atoms with Gasteiger partial charge in [0.1, 0.15) is 0 Å². The normalized spacial score (nSPS) is 10.4. The molecular weight excluding hydrogens is 254 g/mol. The zero-order valence-electron chi connectivity index (χ0n) is 10.7. The highest BCUT2D eigenvalue weighted by Gasteiger charge is 2.06. The number of aromatic amines is 1. The molecule has 100 valence electrons. The number of amides is 1. The topological polar surface area (TPSA) is 75.6 Å². The molecule has 0 spiro atoms. The molecule has 1 amide bonds. The predicted molar refractivity (Wildman–Crippen MR) is 74.3 cm³/mol. The lowest BCUT2D eigenvalue weighted by molar-refractivity contribution is 0.102. The SMILES string of the molecule is O=C(Nc1ccc(Cn2cccn2)cc1)c1cn[nH]c1. The number of benzene rings is 1. The highest BCUT2D eigenvalue weighted by molar-refractivity contribution is 6.03. The van der Waals surface area contributed by atoms with Gasteiger partial charge >= 0.3 is 0 Å². The van der Waals surface area contributed by atoms with Gasteiger partial charge in [0.15, 0.2) is 0 Å². The summed E-state index contributed by atoms with van der Waals surface area (Å²) in [7, 11) is 0. The van der Waals surface area contributed by atoms with E-state index in [9.17, 15) is 4.79 Å². The van der Waals surface area contributed by atoms with Crippen LogP contribution < -0.4 is 5.32 Å². The monoisotopic (exact) mass is 267 g/mol. The van der Waals surface area contributed by atoms with Gasteiger partial charge in [0.05, 0.1) is 18.3 Å². The van der Waals surface area contributed by atoms with Gasteiger partial charge in [0.2, 0.25) is 0 Å². The second-order valence-corrected chi connectivity index (χ2v) is 4.34. The number of anilines is 1. The Bertz CT molecular complexity index is 671. The van der Waals surface area contributed by atoms with Crippen LogP contribution in [0.1, 0.15) is 15.9 Å². The first-order valence-electron chi connectivity index (χ1n) is 6.18. The van der Waals surface area contributed by atoms with Crippen molar-refractivity contribution in [3.63, 3.8) is 0 Å². The van der Waals surface area contributed by atoms with E-state index in [1.54, 1.807) is 12.4 Å². The minimum atomic E-state index is -0.182. The van der Waals surface area contributed by atoms with E-state index in [1.165, 1.54) is 6.20 Å². The maximum atomic E-state index is 11.8. The van der Waals surface area contributed by atoms with Crippen molar-refractivity contribution in [1.29, 1.82) is 0 Å². The first kappa shape index (κ1) is 12.2. The van der Waals surface area contributed by atoms with Gasteiger partial charge in [0, 0.05) is 24.3 Å². The van der Waals surface area contributed by atoms with Crippen molar-refractivity contribution in [3.05, 3.63) is 66.2 Å². The Labute approximate surface area is 115 Å². The molecule has 0 fully saturated rings. The van der Waals surface area contributed by atoms with Crippen molar-refractivity contribution < 1.29 is 4.79 Å². The zero-order valence-corrected chi connectivity index (χ0v) is 10.7. The largest absolute Gasteiger partial charge is 0.322 e. The molecule has 6 heteroatoms. The number of carbonyl (C=O) groups excluding carboxylic acids is 1. The molecule has 6 nitrogen and oxygen atoms in total. The van der Waals surface area contributed by atoms with E-state index in [0.717, 1.165) is 11.3 Å². The number of aromatic nitrogens is 4. The average Bonchev–Trinajstić information content (AvgIpc) is 3.13. The fraction of sp³-hybridized carbons (Fsp3) is 0.0714. The van der Waals surface area contributed by atoms with Gasteiger partial charge in [-0.25, -0.2) is 0 Å². The highest BCUT2D eigenvalue weighted by Crippen LogP contribution is 2.11. The minimum absolute atomic E-state index is 0.182. The maximum absolute atomic E-state index is 11.8. The summed E-state index contributed by atoms with van der Waals surface area (Å²) in [5.41, 5.74) is 2.38. The third kappa shape index (κ3) is 2.74. The van der Waals surface area contributed by atoms with Crippen molar-refractivity contribution >= 4 is 11.6 Å². The minimum Gasteiger partial charge on any atom is -0.322 e. The third-order valence-corrected chi connectivity index (χ3v) is 2.88. The first-order chi connectivity index (χ1) is 9.81. The van der Waals surface area contributed by atoms with Gasteiger partial charge < -0.3 is 5.32 Å². The van der Waals surface area contributed by atoms with Gasteiger partial charge in [-0.2, -0.15) is 10.2 Å². The lowest BCUT2D eigenvalue weighted by Gasteiger charge is -2.06. The van der Waals surface area contributed by atoms with E-state index in [1.807, 2.05) is 41.2 Å². The first-order valence-corrected chi connectivity index (χ1v) is 6.18. The third-order valence-electron chi connectivity index (χ3n) is 2.88. The summed E-state index contributed by atoms with van der Waals surface area (Å²) in [6.45, 7) is 0.711. The Hall–Kier alpha value is -2.89. The van der Waals surface area contributed by atoms with Crippen LogP contribution in [-0.4, -0.2) is 25.9 Å². The predicted octanol–water partition coefficient (Wildman–Crippen LogP) is 1.91. The van der Waals surface area contributed by atoms with E-state index in [2.05, 4.69) is 20.6 Å². The number of hydrogen-bond acceptors (Lipinski definition) is 3. The van der Waals surface area contributed by atoms with Gasteiger partial charge in [-0.1, -0.05) is 12.1 Å². The van der Waals surface area contributed by atoms with Gasteiger partial charge in [-0.3, -0.25) is 14.6 Å². The molecule has 2 N–H and O–H groups in total. The molecule has 0 radical (unpaired) electrons. The van der Waals surface area contributed by atoms with Crippen LogP contribution >= 0.6 is 0 Å². The average molecular weight is 267 g/mol. The van der Waals surface area contributed by atoms with Crippen LogP contribution in [0.5, 0.6) is 0 Å². The van der Waals surface area contributed by atoms with Crippen LogP contribution in [0.25, 0.3) is 0 Å². The Balaban J connectivity index is 1.65. The van der Waals surface area contributed by atoms with Crippen LogP contribution in [0.3, 0.4) is 0 Å². The summed E-state index contributed by atoms with van der Waals surface area (Å²) in [6, 6.07) is 9.56. The number of hydrogen-bond donors (Lipinski definition) is 2. The molecule has 3 rings (SSSR count). The van der Waals surface area contributed by atoms with Crippen LogP contribution in [0, 0.1) is 0 Å². The van der Waals surface area contributed by atoms with Crippen LogP contribution in [0.15, 0.2) is 55.1 Å². The lowest BCUT2D eigenvalue weighted by atomic mass is 10.2. The number of nitrogens with one attached hydrogen (secondary N) is 2. The van der Waals surface area contributed by atoms with E-state index in [4.69, 9.17) is 0 Å². The summed E-state index contributed by atoms with van der Waals surface area (Å²) in [6.07, 6.45) is 6.71. The molecule has 0 aliphatic heterocycles. The maximum Gasteiger partial charge on any atom is 0.258 e.